The van der Waals surface area contributed by atoms with E-state index in [4.69, 9.17) is 4.74 Å². The molecular formula is C22H31N3O6. The van der Waals surface area contributed by atoms with Gasteiger partial charge in [-0.15, -0.1) is 0 Å². The van der Waals surface area contributed by atoms with Crippen LogP contribution in [0.25, 0.3) is 0 Å². The number of alkyl carbamates (subject to hydrolysis) is 1. The van der Waals surface area contributed by atoms with Crippen molar-refractivity contribution in [2.75, 3.05) is 20.1 Å². The molecule has 0 spiro atoms. The number of carbonyl (C=O) groups excluding carboxylic acids is 3. The van der Waals surface area contributed by atoms with Crippen molar-refractivity contribution >= 4 is 23.9 Å². The van der Waals surface area contributed by atoms with E-state index in [9.17, 15) is 24.3 Å². The molecule has 1 unspecified atom stereocenters. The summed E-state index contributed by atoms with van der Waals surface area (Å²) in [5.74, 6) is -1.43. The van der Waals surface area contributed by atoms with Crippen molar-refractivity contribution in [2.45, 2.75) is 57.7 Å². The first-order chi connectivity index (χ1) is 14.5. The van der Waals surface area contributed by atoms with Gasteiger partial charge in [0.05, 0.1) is 12.6 Å². The summed E-state index contributed by atoms with van der Waals surface area (Å²) < 4.78 is 5.27. The van der Waals surface area contributed by atoms with Gasteiger partial charge in [-0.25, -0.2) is 14.4 Å². The predicted molar refractivity (Wildman–Crippen MR) is 114 cm³/mol. The molecule has 9 heteroatoms. The molecule has 31 heavy (non-hydrogen) atoms. The maximum Gasteiger partial charge on any atom is 0.408 e. The Balaban J connectivity index is 2.09. The SMILES string of the molecule is CN(CC(=O)C(Cc1ccccc1)NC(=O)OC(C)(C)C)C(=O)N1CCC[C@H]1C(=O)O. The van der Waals surface area contributed by atoms with Crippen LogP contribution in [0.5, 0.6) is 0 Å². The quantitative estimate of drug-likeness (QED) is 0.682. The molecule has 0 aromatic heterocycles. The monoisotopic (exact) mass is 433 g/mol. The van der Waals surface area contributed by atoms with Crippen LogP contribution >= 0.6 is 0 Å². The minimum absolute atomic E-state index is 0.239. The van der Waals surface area contributed by atoms with Crippen LogP contribution in [0.4, 0.5) is 9.59 Å². The van der Waals surface area contributed by atoms with Crippen molar-refractivity contribution in [3.63, 3.8) is 0 Å². The van der Waals surface area contributed by atoms with Crippen molar-refractivity contribution in [3.8, 4) is 0 Å². The lowest BCUT2D eigenvalue weighted by Crippen LogP contribution is -2.51. The zero-order chi connectivity index (χ0) is 23.2. The second-order valence-corrected chi connectivity index (χ2v) is 8.68. The van der Waals surface area contributed by atoms with Gasteiger partial charge in [0.25, 0.3) is 0 Å². The molecule has 0 saturated carbocycles. The van der Waals surface area contributed by atoms with Gasteiger partial charge >= 0.3 is 18.1 Å². The molecule has 1 aliphatic rings. The number of carboxylic acids is 1. The van der Waals surface area contributed by atoms with Crippen molar-refractivity contribution < 1.29 is 29.0 Å². The minimum Gasteiger partial charge on any atom is -0.480 e. The van der Waals surface area contributed by atoms with Crippen LogP contribution in [0.2, 0.25) is 0 Å². The maximum atomic E-state index is 13.0. The molecule has 2 rings (SSSR count). The summed E-state index contributed by atoms with van der Waals surface area (Å²) in [5.41, 5.74) is 0.120. The lowest BCUT2D eigenvalue weighted by molar-refractivity contribution is -0.141. The van der Waals surface area contributed by atoms with E-state index in [1.165, 1.54) is 16.8 Å². The fourth-order valence-electron chi connectivity index (χ4n) is 3.43. The number of amides is 3. The number of nitrogens with one attached hydrogen (secondary N) is 1. The average Bonchev–Trinajstić information content (AvgIpc) is 3.16. The number of ketones is 1. The first-order valence-corrected chi connectivity index (χ1v) is 10.3. The van der Waals surface area contributed by atoms with Crippen molar-refractivity contribution in [2.24, 2.45) is 0 Å². The summed E-state index contributed by atoms with van der Waals surface area (Å²) in [7, 11) is 1.45. The van der Waals surface area contributed by atoms with E-state index in [2.05, 4.69) is 5.32 Å². The van der Waals surface area contributed by atoms with E-state index in [-0.39, 0.29) is 18.7 Å². The van der Waals surface area contributed by atoms with Crippen LogP contribution in [-0.4, -0.2) is 76.6 Å². The highest BCUT2D eigenvalue weighted by molar-refractivity contribution is 5.92. The molecular weight excluding hydrogens is 402 g/mol. The molecule has 2 N–H and O–H groups in total. The zero-order valence-corrected chi connectivity index (χ0v) is 18.5. The first kappa shape index (κ1) is 24.2. The molecule has 0 bridgehead atoms. The average molecular weight is 434 g/mol. The molecule has 0 aliphatic carbocycles. The Kier molecular flexibility index (Phi) is 8.01. The topological polar surface area (TPSA) is 116 Å². The Labute approximate surface area is 182 Å². The summed E-state index contributed by atoms with van der Waals surface area (Å²) in [4.78, 5) is 51.8. The van der Waals surface area contributed by atoms with Gasteiger partial charge < -0.3 is 25.0 Å². The molecule has 1 heterocycles. The lowest BCUT2D eigenvalue weighted by Gasteiger charge is -2.28. The number of hydrogen-bond donors (Lipinski definition) is 2. The molecule has 1 aromatic rings. The number of likely N-dealkylation sites (N-methyl/N-ethyl adjacent to an activating group) is 1. The number of aliphatic carboxylic acids is 1. The van der Waals surface area contributed by atoms with Crippen LogP contribution in [0.3, 0.4) is 0 Å². The number of carbonyl (C=O) groups is 4. The number of nitrogens with zero attached hydrogens (tertiary/aromatic N) is 2. The van der Waals surface area contributed by atoms with Gasteiger partial charge in [0.2, 0.25) is 0 Å². The number of ether oxygens (including phenoxy) is 1. The fraction of sp³-hybridized carbons (Fsp3) is 0.545. The number of benzene rings is 1. The van der Waals surface area contributed by atoms with E-state index >= 15 is 0 Å². The molecule has 9 nitrogen and oxygen atoms in total. The Morgan fingerprint density at radius 1 is 1.23 bits per heavy atom. The highest BCUT2D eigenvalue weighted by atomic mass is 16.6. The van der Waals surface area contributed by atoms with Crippen LogP contribution in [0.1, 0.15) is 39.2 Å². The minimum atomic E-state index is -1.06. The summed E-state index contributed by atoms with van der Waals surface area (Å²) in [6.45, 7) is 5.23. The van der Waals surface area contributed by atoms with E-state index in [1.807, 2.05) is 30.3 Å². The number of Topliss-reactive ketones (excluding diaryl/α,β-unsaturated/α-hetero) is 1. The second kappa shape index (κ2) is 10.3. The maximum absolute atomic E-state index is 13.0. The standard InChI is InChI=1S/C22H31N3O6/c1-22(2,3)31-20(29)23-16(13-15-9-6-5-7-10-15)18(26)14-24(4)21(30)25-12-8-11-17(25)19(27)28/h5-7,9-10,16-17H,8,11-14H2,1-4H3,(H,23,29)(H,27,28)/t16?,17-/m0/s1. The van der Waals surface area contributed by atoms with Gasteiger partial charge in [0.1, 0.15) is 11.6 Å². The number of rotatable bonds is 7. The number of hydrogen-bond acceptors (Lipinski definition) is 5. The summed E-state index contributed by atoms with van der Waals surface area (Å²) in [6, 6.07) is 6.89. The highest BCUT2D eigenvalue weighted by Crippen LogP contribution is 2.19. The third kappa shape index (κ3) is 7.27. The molecule has 2 atom stereocenters. The smallest absolute Gasteiger partial charge is 0.408 e. The van der Waals surface area contributed by atoms with E-state index in [0.29, 0.717) is 19.4 Å². The molecule has 170 valence electrons. The van der Waals surface area contributed by atoms with Gasteiger partial charge in [-0.3, -0.25) is 4.79 Å². The Morgan fingerprint density at radius 3 is 2.45 bits per heavy atom. The first-order valence-electron chi connectivity index (χ1n) is 10.3. The van der Waals surface area contributed by atoms with Crippen LogP contribution in [0, 0.1) is 0 Å². The molecule has 3 amide bonds. The molecule has 1 fully saturated rings. The van der Waals surface area contributed by atoms with Crippen molar-refractivity contribution in [3.05, 3.63) is 35.9 Å². The number of carboxylic acid groups (broad SMARTS) is 1. The molecule has 0 radical (unpaired) electrons. The molecule has 1 aromatic carbocycles. The number of likely N-dealkylation sites (tertiary alicyclic amines) is 1. The van der Waals surface area contributed by atoms with Gasteiger partial charge in [-0.2, -0.15) is 0 Å². The third-order valence-electron chi connectivity index (χ3n) is 4.87. The van der Waals surface area contributed by atoms with E-state index < -0.39 is 35.8 Å². The van der Waals surface area contributed by atoms with Crippen LogP contribution in [-0.2, 0) is 20.7 Å². The van der Waals surface area contributed by atoms with Crippen molar-refractivity contribution in [1.29, 1.82) is 0 Å². The summed E-state index contributed by atoms with van der Waals surface area (Å²) in [5, 5.41) is 11.9. The largest absolute Gasteiger partial charge is 0.480 e. The fourth-order valence-corrected chi connectivity index (χ4v) is 3.43. The van der Waals surface area contributed by atoms with Gasteiger partial charge in [-0.05, 0) is 45.6 Å². The number of urea groups is 1. The highest BCUT2D eigenvalue weighted by Gasteiger charge is 2.36. The summed E-state index contributed by atoms with van der Waals surface area (Å²) >= 11 is 0. The third-order valence-corrected chi connectivity index (χ3v) is 4.87. The molecule has 1 saturated heterocycles. The predicted octanol–water partition coefficient (Wildman–Crippen LogP) is 2.29. The van der Waals surface area contributed by atoms with Gasteiger partial charge in [0, 0.05) is 13.6 Å². The van der Waals surface area contributed by atoms with E-state index in [1.54, 1.807) is 20.8 Å². The van der Waals surface area contributed by atoms with Gasteiger partial charge in [0.15, 0.2) is 5.78 Å². The Morgan fingerprint density at radius 2 is 1.87 bits per heavy atom. The Bertz CT molecular complexity index is 805. The second-order valence-electron chi connectivity index (χ2n) is 8.68. The normalized spacial score (nSPS) is 17.0. The van der Waals surface area contributed by atoms with Crippen molar-refractivity contribution in [1.82, 2.24) is 15.1 Å². The zero-order valence-electron chi connectivity index (χ0n) is 18.5. The van der Waals surface area contributed by atoms with Crippen LogP contribution < -0.4 is 5.32 Å². The van der Waals surface area contributed by atoms with E-state index in [0.717, 1.165) is 5.56 Å². The molecule has 1 aliphatic heterocycles. The van der Waals surface area contributed by atoms with Gasteiger partial charge in [-0.1, -0.05) is 30.3 Å². The lowest BCUT2D eigenvalue weighted by atomic mass is 10.0. The Hall–Kier alpha value is -3.10. The van der Waals surface area contributed by atoms with Crippen LogP contribution in [0.15, 0.2) is 30.3 Å². The summed E-state index contributed by atoms with van der Waals surface area (Å²) in [6.07, 6.45) is 0.505.